The number of aryl methyl sites for hydroxylation is 2. The van der Waals surface area contributed by atoms with Crippen LogP contribution in [0.2, 0.25) is 5.02 Å². The lowest BCUT2D eigenvalue weighted by atomic mass is 10.2. The van der Waals surface area contributed by atoms with Crippen LogP contribution in [0.4, 0.5) is 11.4 Å². The molecule has 0 radical (unpaired) electrons. The van der Waals surface area contributed by atoms with Gasteiger partial charge in [0.25, 0.3) is 0 Å². The Labute approximate surface area is 180 Å². The Balaban J connectivity index is 1.56. The van der Waals surface area contributed by atoms with Crippen molar-refractivity contribution in [1.82, 2.24) is 14.7 Å². The van der Waals surface area contributed by atoms with Gasteiger partial charge >= 0.3 is 0 Å². The molecule has 0 saturated carbocycles. The van der Waals surface area contributed by atoms with E-state index in [1.54, 1.807) is 34.7 Å². The molecule has 1 aliphatic heterocycles. The predicted octanol–water partition coefficient (Wildman–Crippen LogP) is 3.30. The molecule has 2 heterocycles. The molecule has 1 atom stereocenters. The second-order valence-electron chi connectivity index (χ2n) is 7.51. The standard InChI is InChI=1S/C21H26ClN5O3/c1-13-11-14(2)27(25-13)15(3)21(30)24-18-7-6-16(12-17(18)22)23-19(28)8-10-26-9-4-5-20(26)29/h6-7,11-12,15H,4-5,8-10H2,1-3H3,(H,23,28)(H,24,30). The van der Waals surface area contributed by atoms with Crippen LogP contribution in [-0.4, -0.2) is 45.5 Å². The molecule has 3 amide bonds. The zero-order chi connectivity index (χ0) is 21.8. The van der Waals surface area contributed by atoms with E-state index in [-0.39, 0.29) is 24.1 Å². The highest BCUT2D eigenvalue weighted by molar-refractivity contribution is 6.34. The molecular formula is C21H26ClN5O3. The number of carbonyl (C=O) groups excluding carboxylic acids is 3. The van der Waals surface area contributed by atoms with Gasteiger partial charge in [0, 0.05) is 37.3 Å². The lowest BCUT2D eigenvalue weighted by Crippen LogP contribution is -2.28. The molecule has 160 valence electrons. The molecule has 3 rings (SSSR count). The summed E-state index contributed by atoms with van der Waals surface area (Å²) in [5, 5.41) is 10.2. The van der Waals surface area contributed by atoms with E-state index in [0.717, 1.165) is 17.8 Å². The molecule has 2 aromatic rings. The van der Waals surface area contributed by atoms with E-state index in [1.165, 1.54) is 0 Å². The van der Waals surface area contributed by atoms with Crippen LogP contribution in [0.5, 0.6) is 0 Å². The van der Waals surface area contributed by atoms with E-state index >= 15 is 0 Å². The minimum atomic E-state index is -0.498. The molecule has 1 unspecified atom stereocenters. The highest BCUT2D eigenvalue weighted by atomic mass is 35.5. The van der Waals surface area contributed by atoms with Crippen molar-refractivity contribution >= 4 is 40.7 Å². The maximum absolute atomic E-state index is 12.6. The van der Waals surface area contributed by atoms with Crippen molar-refractivity contribution in [2.24, 2.45) is 0 Å². The monoisotopic (exact) mass is 431 g/mol. The van der Waals surface area contributed by atoms with Crippen molar-refractivity contribution in [1.29, 1.82) is 0 Å². The molecule has 9 heteroatoms. The van der Waals surface area contributed by atoms with Crippen molar-refractivity contribution in [3.8, 4) is 0 Å². The van der Waals surface area contributed by atoms with Crippen LogP contribution in [0, 0.1) is 13.8 Å². The zero-order valence-electron chi connectivity index (χ0n) is 17.4. The number of rotatable bonds is 7. The Morgan fingerprint density at radius 3 is 2.60 bits per heavy atom. The van der Waals surface area contributed by atoms with E-state index in [9.17, 15) is 14.4 Å². The number of aromatic nitrogens is 2. The van der Waals surface area contributed by atoms with E-state index in [2.05, 4.69) is 15.7 Å². The second-order valence-corrected chi connectivity index (χ2v) is 7.92. The molecule has 1 aromatic carbocycles. The molecule has 1 saturated heterocycles. The Hall–Kier alpha value is -2.87. The average molecular weight is 432 g/mol. The number of anilines is 2. The third-order valence-electron chi connectivity index (χ3n) is 5.08. The number of nitrogens with one attached hydrogen (secondary N) is 2. The Morgan fingerprint density at radius 1 is 1.23 bits per heavy atom. The summed E-state index contributed by atoms with van der Waals surface area (Å²) >= 11 is 6.30. The first kappa shape index (κ1) is 21.8. The van der Waals surface area contributed by atoms with Gasteiger partial charge in [-0.25, -0.2) is 0 Å². The molecule has 1 fully saturated rings. The second kappa shape index (κ2) is 9.30. The van der Waals surface area contributed by atoms with E-state index in [1.807, 2.05) is 19.9 Å². The van der Waals surface area contributed by atoms with Gasteiger partial charge in [0.05, 0.1) is 16.4 Å². The minimum Gasteiger partial charge on any atom is -0.342 e. The smallest absolute Gasteiger partial charge is 0.248 e. The van der Waals surface area contributed by atoms with Gasteiger partial charge in [0.2, 0.25) is 17.7 Å². The highest BCUT2D eigenvalue weighted by Gasteiger charge is 2.21. The largest absolute Gasteiger partial charge is 0.342 e. The summed E-state index contributed by atoms with van der Waals surface area (Å²) in [6.45, 7) is 6.66. The number of carbonyl (C=O) groups is 3. The highest BCUT2D eigenvalue weighted by Crippen LogP contribution is 2.26. The van der Waals surface area contributed by atoms with Gasteiger partial charge in [-0.1, -0.05) is 11.6 Å². The fourth-order valence-electron chi connectivity index (χ4n) is 3.48. The zero-order valence-corrected chi connectivity index (χ0v) is 18.1. The van der Waals surface area contributed by atoms with Crippen LogP contribution >= 0.6 is 11.6 Å². The van der Waals surface area contributed by atoms with E-state index < -0.39 is 6.04 Å². The fraction of sp³-hybridized carbons (Fsp3) is 0.429. The number of benzene rings is 1. The average Bonchev–Trinajstić information content (AvgIpc) is 3.25. The summed E-state index contributed by atoms with van der Waals surface area (Å²) in [4.78, 5) is 38.1. The predicted molar refractivity (Wildman–Crippen MR) is 116 cm³/mol. The minimum absolute atomic E-state index is 0.0978. The SMILES string of the molecule is Cc1cc(C)n(C(C)C(=O)Nc2ccc(NC(=O)CCN3CCCC3=O)cc2Cl)n1. The summed E-state index contributed by atoms with van der Waals surface area (Å²) < 4.78 is 1.66. The molecule has 8 nitrogen and oxygen atoms in total. The summed E-state index contributed by atoms with van der Waals surface area (Å²) in [6.07, 6.45) is 1.63. The van der Waals surface area contributed by atoms with Crippen molar-refractivity contribution in [2.75, 3.05) is 23.7 Å². The summed E-state index contributed by atoms with van der Waals surface area (Å²) in [6, 6.07) is 6.32. The molecule has 2 N–H and O–H groups in total. The van der Waals surface area contributed by atoms with Gasteiger partial charge in [-0.3, -0.25) is 19.1 Å². The third-order valence-corrected chi connectivity index (χ3v) is 5.39. The number of halogens is 1. The van der Waals surface area contributed by atoms with Gasteiger partial charge < -0.3 is 15.5 Å². The van der Waals surface area contributed by atoms with Crippen LogP contribution < -0.4 is 10.6 Å². The van der Waals surface area contributed by atoms with Gasteiger partial charge in [0.1, 0.15) is 6.04 Å². The first-order valence-corrected chi connectivity index (χ1v) is 10.3. The lowest BCUT2D eigenvalue weighted by Gasteiger charge is -2.16. The normalized spacial score (nSPS) is 14.7. The molecule has 1 aliphatic rings. The number of hydrogen-bond donors (Lipinski definition) is 2. The molecule has 1 aromatic heterocycles. The number of hydrogen-bond acceptors (Lipinski definition) is 4. The van der Waals surface area contributed by atoms with Crippen molar-refractivity contribution in [3.63, 3.8) is 0 Å². The molecule has 30 heavy (non-hydrogen) atoms. The summed E-state index contributed by atoms with van der Waals surface area (Å²) in [7, 11) is 0. The molecular weight excluding hydrogens is 406 g/mol. The number of likely N-dealkylation sites (tertiary alicyclic amines) is 1. The van der Waals surface area contributed by atoms with Crippen molar-refractivity contribution in [3.05, 3.63) is 40.7 Å². The van der Waals surface area contributed by atoms with Gasteiger partial charge in [-0.15, -0.1) is 0 Å². The maximum Gasteiger partial charge on any atom is 0.248 e. The van der Waals surface area contributed by atoms with Crippen LogP contribution in [0.25, 0.3) is 0 Å². The first-order valence-electron chi connectivity index (χ1n) is 9.95. The molecule has 0 bridgehead atoms. The quantitative estimate of drug-likeness (QED) is 0.702. The van der Waals surface area contributed by atoms with Gasteiger partial charge in [-0.05, 0) is 51.5 Å². The third kappa shape index (κ3) is 5.18. The molecule has 0 spiro atoms. The Kier molecular flexibility index (Phi) is 6.77. The topological polar surface area (TPSA) is 96.3 Å². The number of amides is 3. The first-order chi connectivity index (χ1) is 14.2. The fourth-order valence-corrected chi connectivity index (χ4v) is 3.71. The summed E-state index contributed by atoms with van der Waals surface area (Å²) in [5.74, 6) is -0.337. The Morgan fingerprint density at radius 2 is 2.00 bits per heavy atom. The van der Waals surface area contributed by atoms with Crippen LogP contribution in [-0.2, 0) is 14.4 Å². The van der Waals surface area contributed by atoms with Crippen LogP contribution in [0.3, 0.4) is 0 Å². The van der Waals surface area contributed by atoms with Crippen LogP contribution in [0.15, 0.2) is 24.3 Å². The molecule has 0 aliphatic carbocycles. The van der Waals surface area contributed by atoms with Gasteiger partial charge in [-0.2, -0.15) is 5.10 Å². The van der Waals surface area contributed by atoms with Gasteiger partial charge in [0.15, 0.2) is 0 Å². The van der Waals surface area contributed by atoms with Crippen molar-refractivity contribution in [2.45, 2.75) is 46.1 Å². The van der Waals surface area contributed by atoms with Crippen molar-refractivity contribution < 1.29 is 14.4 Å². The lowest BCUT2D eigenvalue weighted by molar-refractivity contribution is -0.128. The van der Waals surface area contributed by atoms with E-state index in [0.29, 0.717) is 35.9 Å². The van der Waals surface area contributed by atoms with E-state index in [4.69, 9.17) is 11.6 Å². The number of nitrogens with zero attached hydrogens (tertiary/aromatic N) is 3. The maximum atomic E-state index is 12.6. The van der Waals surface area contributed by atoms with Crippen LogP contribution in [0.1, 0.15) is 43.6 Å². The summed E-state index contributed by atoms with van der Waals surface area (Å²) in [5.41, 5.74) is 2.73. The Bertz CT molecular complexity index is 972.